The van der Waals surface area contributed by atoms with Crippen molar-refractivity contribution in [2.45, 2.75) is 19.2 Å². The normalized spacial score (nSPS) is 12.1. The molecular weight excluding hydrogens is 529 g/mol. The smallest absolute Gasteiger partial charge is 0.416 e. The summed E-state index contributed by atoms with van der Waals surface area (Å²) in [6, 6.07) is 11.9. The molecule has 36 heavy (non-hydrogen) atoms. The fraction of sp³-hybridized carbons (Fsp3) is 0.174. The van der Waals surface area contributed by atoms with Crippen LogP contribution in [-0.4, -0.2) is 29.6 Å². The second-order valence-corrected chi connectivity index (χ2v) is 7.98. The quantitative estimate of drug-likeness (QED) is 0.229. The van der Waals surface area contributed by atoms with Crippen LogP contribution in [0.2, 0.25) is 10.0 Å². The Morgan fingerprint density at radius 3 is 2.19 bits per heavy atom. The van der Waals surface area contributed by atoms with Gasteiger partial charge in [0.15, 0.2) is 12.7 Å². The zero-order valence-electron chi connectivity index (χ0n) is 18.4. The molecule has 1 heterocycles. The minimum atomic E-state index is -4.55. The molecule has 1 atom stereocenters. The number of nitrogens with zero attached hydrogens (tertiary/aromatic N) is 2. The van der Waals surface area contributed by atoms with Crippen LogP contribution in [0.15, 0.2) is 54.6 Å². The minimum Gasteiger partial charge on any atom is -0.461 e. The van der Waals surface area contributed by atoms with Crippen molar-refractivity contribution < 1.29 is 36.6 Å². The SMILES string of the molecule is C[C@@H](Oc1nc(F)c(Cl)c(N)c1Cl)C(=O)OCC(=O)N(c1ccccc1)c1ccc(C(F)(F)F)cc1. The summed E-state index contributed by atoms with van der Waals surface area (Å²) in [5.74, 6) is -3.48. The molecule has 0 spiro atoms. The van der Waals surface area contributed by atoms with E-state index < -0.39 is 53.2 Å². The number of anilines is 3. The fourth-order valence-electron chi connectivity index (χ4n) is 2.93. The van der Waals surface area contributed by atoms with Gasteiger partial charge in [0.25, 0.3) is 5.91 Å². The zero-order chi connectivity index (χ0) is 26.6. The molecule has 0 saturated carbocycles. The van der Waals surface area contributed by atoms with Gasteiger partial charge in [-0.1, -0.05) is 41.4 Å². The zero-order valence-corrected chi connectivity index (χ0v) is 19.9. The van der Waals surface area contributed by atoms with Crippen molar-refractivity contribution in [2.24, 2.45) is 0 Å². The van der Waals surface area contributed by atoms with E-state index in [9.17, 15) is 27.2 Å². The number of hydrogen-bond donors (Lipinski definition) is 1. The molecule has 0 aliphatic heterocycles. The summed E-state index contributed by atoms with van der Waals surface area (Å²) in [5, 5.41) is -0.841. The molecule has 0 unspecified atom stereocenters. The van der Waals surface area contributed by atoms with E-state index in [1.807, 2.05) is 0 Å². The summed E-state index contributed by atoms with van der Waals surface area (Å²) >= 11 is 11.5. The topological polar surface area (TPSA) is 94.8 Å². The highest BCUT2D eigenvalue weighted by Gasteiger charge is 2.31. The summed E-state index contributed by atoms with van der Waals surface area (Å²) in [4.78, 5) is 29.8. The molecule has 0 aliphatic rings. The highest BCUT2D eigenvalue weighted by Crippen LogP contribution is 2.36. The Hall–Kier alpha value is -3.57. The lowest BCUT2D eigenvalue weighted by molar-refractivity contribution is -0.154. The molecule has 1 amide bonds. The van der Waals surface area contributed by atoms with E-state index in [-0.39, 0.29) is 16.4 Å². The van der Waals surface area contributed by atoms with Gasteiger partial charge in [-0.3, -0.25) is 9.69 Å². The van der Waals surface area contributed by atoms with Gasteiger partial charge in [0.05, 0.1) is 11.3 Å². The maximum Gasteiger partial charge on any atom is 0.416 e. The van der Waals surface area contributed by atoms with Gasteiger partial charge in [0, 0.05) is 11.4 Å². The molecule has 3 aromatic rings. The Balaban J connectivity index is 1.74. The van der Waals surface area contributed by atoms with Crippen LogP contribution >= 0.6 is 23.2 Å². The molecule has 2 aromatic carbocycles. The largest absolute Gasteiger partial charge is 0.461 e. The fourth-order valence-corrected chi connectivity index (χ4v) is 3.30. The van der Waals surface area contributed by atoms with E-state index in [1.165, 1.54) is 6.92 Å². The average molecular weight is 546 g/mol. The van der Waals surface area contributed by atoms with Crippen molar-refractivity contribution in [2.75, 3.05) is 17.2 Å². The van der Waals surface area contributed by atoms with E-state index in [2.05, 4.69) is 4.98 Å². The number of ether oxygens (including phenoxy) is 2. The Kier molecular flexibility index (Phi) is 8.26. The molecule has 0 radical (unpaired) electrons. The lowest BCUT2D eigenvalue weighted by atomic mass is 10.1. The molecule has 0 fully saturated rings. The van der Waals surface area contributed by atoms with E-state index in [1.54, 1.807) is 30.3 Å². The van der Waals surface area contributed by atoms with Gasteiger partial charge < -0.3 is 15.2 Å². The summed E-state index contributed by atoms with van der Waals surface area (Å²) in [6.07, 6.45) is -5.94. The number of rotatable bonds is 7. The number of carbonyl (C=O) groups is 2. The second kappa shape index (κ2) is 11.0. The van der Waals surface area contributed by atoms with Gasteiger partial charge >= 0.3 is 12.1 Å². The lowest BCUT2D eigenvalue weighted by Gasteiger charge is -2.24. The van der Waals surface area contributed by atoms with Gasteiger partial charge in [-0.25, -0.2) is 4.79 Å². The summed E-state index contributed by atoms with van der Waals surface area (Å²) in [5.41, 5.74) is 4.76. The van der Waals surface area contributed by atoms with Crippen molar-refractivity contribution >= 4 is 52.1 Å². The number of para-hydroxylation sites is 1. The third kappa shape index (κ3) is 6.16. The maximum absolute atomic E-state index is 13.7. The monoisotopic (exact) mass is 545 g/mol. The van der Waals surface area contributed by atoms with Gasteiger partial charge in [-0.15, -0.1) is 0 Å². The van der Waals surface area contributed by atoms with Crippen LogP contribution in [0.1, 0.15) is 12.5 Å². The van der Waals surface area contributed by atoms with E-state index in [0.717, 1.165) is 29.2 Å². The Morgan fingerprint density at radius 2 is 1.61 bits per heavy atom. The first-order valence-corrected chi connectivity index (χ1v) is 10.8. The summed E-state index contributed by atoms with van der Waals surface area (Å²) < 4.78 is 62.8. The third-order valence-electron chi connectivity index (χ3n) is 4.72. The number of aromatic nitrogens is 1. The van der Waals surface area contributed by atoms with Gasteiger partial charge in [-0.2, -0.15) is 22.5 Å². The van der Waals surface area contributed by atoms with Crippen LogP contribution in [0.25, 0.3) is 0 Å². The highest BCUT2D eigenvalue weighted by atomic mass is 35.5. The number of nitrogen functional groups attached to an aromatic ring is 1. The van der Waals surface area contributed by atoms with Crippen LogP contribution in [0, 0.1) is 5.95 Å². The Morgan fingerprint density at radius 1 is 1.03 bits per heavy atom. The van der Waals surface area contributed by atoms with E-state index >= 15 is 0 Å². The average Bonchev–Trinajstić information content (AvgIpc) is 2.85. The number of halogens is 6. The molecule has 0 aliphatic carbocycles. The van der Waals surface area contributed by atoms with Crippen molar-refractivity contribution in [3.8, 4) is 5.88 Å². The second-order valence-electron chi connectivity index (χ2n) is 7.23. The predicted molar refractivity (Wildman–Crippen MR) is 125 cm³/mol. The Labute approximate surface area is 212 Å². The van der Waals surface area contributed by atoms with E-state index in [0.29, 0.717) is 5.69 Å². The number of carbonyl (C=O) groups excluding carboxylic acids is 2. The van der Waals surface area contributed by atoms with Crippen molar-refractivity contribution in [3.63, 3.8) is 0 Å². The van der Waals surface area contributed by atoms with Crippen molar-refractivity contribution in [3.05, 3.63) is 76.2 Å². The van der Waals surface area contributed by atoms with Gasteiger partial charge in [0.1, 0.15) is 10.0 Å². The minimum absolute atomic E-state index is 0.114. The van der Waals surface area contributed by atoms with Crippen LogP contribution in [0.5, 0.6) is 5.88 Å². The number of amides is 1. The number of hydrogen-bond acceptors (Lipinski definition) is 6. The highest BCUT2D eigenvalue weighted by molar-refractivity contribution is 6.39. The molecule has 3 rings (SSSR count). The number of esters is 1. The first kappa shape index (κ1) is 27.0. The number of nitrogens with two attached hydrogens (primary N) is 1. The Bertz CT molecular complexity index is 1260. The number of pyridine rings is 1. The maximum atomic E-state index is 13.7. The molecular formula is C23H17Cl2F4N3O4. The molecule has 1 aromatic heterocycles. The van der Waals surface area contributed by atoms with Crippen LogP contribution in [0.3, 0.4) is 0 Å². The molecule has 13 heteroatoms. The van der Waals surface area contributed by atoms with Crippen LogP contribution < -0.4 is 15.4 Å². The molecule has 0 bridgehead atoms. The van der Waals surface area contributed by atoms with Gasteiger partial charge in [-0.05, 0) is 43.3 Å². The predicted octanol–water partition coefficient (Wildman–Crippen LogP) is 5.80. The van der Waals surface area contributed by atoms with Crippen molar-refractivity contribution in [1.29, 1.82) is 0 Å². The van der Waals surface area contributed by atoms with Gasteiger partial charge in [0.2, 0.25) is 11.8 Å². The van der Waals surface area contributed by atoms with Crippen LogP contribution in [-0.2, 0) is 20.5 Å². The van der Waals surface area contributed by atoms with Crippen LogP contribution in [0.4, 0.5) is 34.6 Å². The first-order valence-electron chi connectivity index (χ1n) is 10.1. The van der Waals surface area contributed by atoms with E-state index in [4.69, 9.17) is 38.4 Å². The first-order chi connectivity index (χ1) is 16.9. The lowest BCUT2D eigenvalue weighted by Crippen LogP contribution is -2.34. The van der Waals surface area contributed by atoms with Crippen molar-refractivity contribution in [1.82, 2.24) is 4.98 Å². The standard InChI is InChI=1S/C23H17Cl2F4N3O4/c1-12(36-21-18(25)19(30)17(24)20(26)31-21)22(34)35-11-16(33)32(14-5-3-2-4-6-14)15-9-7-13(8-10-15)23(27,28)29/h2-10,12H,11H2,1H3,(H2,30,31)/t12-/m1/s1. The number of benzene rings is 2. The molecule has 2 N–H and O–H groups in total. The summed E-state index contributed by atoms with van der Waals surface area (Å²) in [6.45, 7) is 0.444. The summed E-state index contributed by atoms with van der Waals surface area (Å²) in [7, 11) is 0. The molecule has 190 valence electrons. The molecule has 7 nitrogen and oxygen atoms in total. The number of alkyl halides is 3. The molecule has 0 saturated heterocycles. The third-order valence-corrected chi connectivity index (χ3v) is 5.44.